The maximum atomic E-state index is 13.7. The number of rotatable bonds is 7. The average molecular weight is 607 g/mol. The zero-order chi connectivity index (χ0) is 28.8. The van der Waals surface area contributed by atoms with Crippen LogP contribution in [0.1, 0.15) is 41.1 Å². The number of aliphatic hydroxyl groups is 1. The predicted molar refractivity (Wildman–Crippen MR) is 155 cm³/mol. The Kier molecular flexibility index (Phi) is 5.79. The van der Waals surface area contributed by atoms with E-state index < -0.39 is 23.1 Å². The van der Waals surface area contributed by atoms with Crippen molar-refractivity contribution in [3.8, 4) is 11.3 Å². The summed E-state index contributed by atoms with van der Waals surface area (Å²) in [7, 11) is 0. The summed E-state index contributed by atoms with van der Waals surface area (Å²) >= 11 is 8.17. The summed E-state index contributed by atoms with van der Waals surface area (Å²) in [5, 5.41) is 19.0. The molecule has 1 aliphatic heterocycles. The number of hydrogen-bond acceptors (Lipinski definition) is 6. The van der Waals surface area contributed by atoms with E-state index in [2.05, 4.69) is 15.2 Å². The van der Waals surface area contributed by atoms with E-state index in [1.807, 2.05) is 53.1 Å². The van der Waals surface area contributed by atoms with Crippen LogP contribution in [0.15, 0.2) is 70.1 Å². The third-order valence-electron chi connectivity index (χ3n) is 9.79. The molecule has 3 N–H and O–H groups in total. The highest BCUT2D eigenvalue weighted by atomic mass is 35.5. The van der Waals surface area contributed by atoms with Crippen LogP contribution >= 0.6 is 23.5 Å². The number of anilines is 1. The van der Waals surface area contributed by atoms with Gasteiger partial charge in [-0.2, -0.15) is 0 Å². The van der Waals surface area contributed by atoms with Gasteiger partial charge in [-0.3, -0.25) is 9.52 Å². The first-order valence-electron chi connectivity index (χ1n) is 13.8. The molecule has 42 heavy (non-hydrogen) atoms. The van der Waals surface area contributed by atoms with Gasteiger partial charge in [0.05, 0.1) is 15.6 Å². The Morgan fingerprint density at radius 3 is 2.71 bits per heavy atom. The number of carbonyl (C=O) groups is 1. The highest BCUT2D eigenvalue weighted by Crippen LogP contribution is 2.81. The molecule has 3 heterocycles. The molecule has 4 aromatic rings. The molecule has 0 radical (unpaired) electrons. The van der Waals surface area contributed by atoms with E-state index in [1.165, 1.54) is 18.0 Å². The van der Waals surface area contributed by atoms with E-state index in [-0.39, 0.29) is 34.7 Å². The summed E-state index contributed by atoms with van der Waals surface area (Å²) in [6.07, 6.45) is 6.40. The minimum Gasteiger partial charge on any atom is -0.383 e. The Labute approximate surface area is 249 Å². The summed E-state index contributed by atoms with van der Waals surface area (Å²) in [5.41, 5.74) is 1.51. The molecule has 7 nitrogen and oxygen atoms in total. The number of allylic oxidation sites excluding steroid dienone is 1. The van der Waals surface area contributed by atoms with Crippen LogP contribution in [0.3, 0.4) is 0 Å². The quantitative estimate of drug-likeness (QED) is 0.204. The maximum Gasteiger partial charge on any atom is 0.273 e. The van der Waals surface area contributed by atoms with Crippen molar-refractivity contribution in [1.82, 2.24) is 14.4 Å². The average Bonchev–Trinajstić information content (AvgIpc) is 3.69. The van der Waals surface area contributed by atoms with Gasteiger partial charge in [0.1, 0.15) is 17.0 Å². The lowest BCUT2D eigenvalue weighted by molar-refractivity contribution is -0.367. The molecule has 2 aromatic heterocycles. The highest BCUT2D eigenvalue weighted by molar-refractivity contribution is 7.97. The number of fused-ring (bicyclic) bond motifs is 1. The first-order chi connectivity index (χ1) is 20.3. The van der Waals surface area contributed by atoms with Crippen molar-refractivity contribution < 1.29 is 23.2 Å². The molecule has 0 bridgehead atoms. The number of benzene rings is 2. The van der Waals surface area contributed by atoms with Crippen LogP contribution in [0.5, 0.6) is 0 Å². The number of nitrogens with zero attached hydrogens (tertiary/aromatic N) is 2. The second kappa shape index (κ2) is 9.28. The van der Waals surface area contributed by atoms with Crippen molar-refractivity contribution in [1.29, 1.82) is 0 Å². The molecule has 3 saturated carbocycles. The zero-order valence-corrected chi connectivity index (χ0v) is 23.7. The van der Waals surface area contributed by atoms with Gasteiger partial charge in [0, 0.05) is 41.4 Å². The molecule has 5 atom stereocenters. The summed E-state index contributed by atoms with van der Waals surface area (Å²) in [4.78, 5) is 13.9. The molecule has 1 amide bonds. The zero-order valence-electron chi connectivity index (χ0n) is 22.1. The predicted octanol–water partition coefficient (Wildman–Crippen LogP) is 6.64. The van der Waals surface area contributed by atoms with Gasteiger partial charge < -0.3 is 19.5 Å². The van der Waals surface area contributed by atoms with Gasteiger partial charge in [0.25, 0.3) is 5.91 Å². The first kappa shape index (κ1) is 26.2. The smallest absolute Gasteiger partial charge is 0.273 e. The second-order valence-electron chi connectivity index (χ2n) is 11.5. The van der Waals surface area contributed by atoms with Crippen LogP contribution in [0.25, 0.3) is 17.4 Å². The monoisotopic (exact) mass is 606 g/mol. The summed E-state index contributed by atoms with van der Waals surface area (Å²) < 4.78 is 38.1. The molecule has 1 spiro atoms. The summed E-state index contributed by atoms with van der Waals surface area (Å²) in [5.74, 6) is -1.32. The molecule has 5 unspecified atom stereocenters. The van der Waals surface area contributed by atoms with Crippen molar-refractivity contribution in [2.24, 2.45) is 17.3 Å². The SMILES string of the molecule is O=C(Nc1ccc(F)c(F)c1)c1c(Cl)c(SNC2C3CCC34C2CC4(O)c2cc(-c3ccccc3)on2)c2n1CC=C2. The third-order valence-corrected chi connectivity index (χ3v) is 11.3. The fraction of sp³-hybridized carbons (Fsp3) is 0.290. The van der Waals surface area contributed by atoms with Crippen molar-refractivity contribution >= 4 is 41.2 Å². The summed E-state index contributed by atoms with van der Waals surface area (Å²) in [6.45, 7) is 0.476. The topological polar surface area (TPSA) is 92.3 Å². The molecular weight excluding hydrogens is 582 g/mol. The second-order valence-corrected chi connectivity index (χ2v) is 12.7. The molecule has 214 valence electrons. The lowest BCUT2D eigenvalue weighted by Crippen LogP contribution is -2.84. The first-order valence-corrected chi connectivity index (χ1v) is 15.0. The van der Waals surface area contributed by atoms with Gasteiger partial charge in [0.15, 0.2) is 17.4 Å². The Hall–Kier alpha value is -3.44. The maximum absolute atomic E-state index is 13.7. The third kappa shape index (κ3) is 3.46. The van der Waals surface area contributed by atoms with Crippen molar-refractivity contribution in [3.05, 3.63) is 94.4 Å². The van der Waals surface area contributed by atoms with Gasteiger partial charge in [-0.1, -0.05) is 53.2 Å². The molecule has 4 aliphatic rings. The molecule has 3 fully saturated rings. The molecular formula is C31H25ClF2N4O3S. The van der Waals surface area contributed by atoms with Crippen molar-refractivity contribution in [2.45, 2.75) is 42.3 Å². The molecule has 3 aliphatic carbocycles. The Balaban J connectivity index is 0.988. The fourth-order valence-electron chi connectivity index (χ4n) is 7.70. The van der Waals surface area contributed by atoms with E-state index in [0.29, 0.717) is 29.4 Å². The number of carbonyl (C=O) groups excluding carboxylic acids is 1. The van der Waals surface area contributed by atoms with Crippen molar-refractivity contribution in [3.63, 3.8) is 0 Å². The van der Waals surface area contributed by atoms with Crippen LogP contribution in [-0.4, -0.2) is 26.8 Å². The van der Waals surface area contributed by atoms with Crippen LogP contribution in [-0.2, 0) is 12.1 Å². The largest absolute Gasteiger partial charge is 0.383 e. The molecule has 11 heteroatoms. The number of hydrogen-bond donors (Lipinski definition) is 3. The number of amides is 1. The van der Waals surface area contributed by atoms with E-state index in [4.69, 9.17) is 16.1 Å². The molecule has 8 rings (SSSR count). The van der Waals surface area contributed by atoms with Crippen molar-refractivity contribution in [2.75, 3.05) is 5.32 Å². The standard InChI is InChI=1S/C31H25ClF2N4O3S/c32-25-27(29(39)35-17-8-9-20(33)21(34)13-17)38-12-4-7-22(38)28(25)42-37-26-18-10-11-30(18)19(26)15-31(30,40)24-14-23(41-36-24)16-5-2-1-3-6-16/h1-9,13-14,18-19,26,37,40H,10-12,15H2,(H,35,39). The van der Waals surface area contributed by atoms with Crippen LogP contribution in [0.4, 0.5) is 14.5 Å². The van der Waals surface area contributed by atoms with Gasteiger partial charge >= 0.3 is 0 Å². The van der Waals surface area contributed by atoms with Crippen LogP contribution in [0.2, 0.25) is 5.02 Å². The van der Waals surface area contributed by atoms with Crippen LogP contribution < -0.4 is 10.0 Å². The van der Waals surface area contributed by atoms with Gasteiger partial charge in [0.2, 0.25) is 0 Å². The normalized spacial score (nSPS) is 28.2. The fourth-order valence-corrected chi connectivity index (χ4v) is 9.16. The van der Waals surface area contributed by atoms with E-state index in [9.17, 15) is 18.7 Å². The van der Waals surface area contributed by atoms with E-state index in [1.54, 1.807) is 0 Å². The van der Waals surface area contributed by atoms with Gasteiger partial charge in [-0.15, -0.1) is 0 Å². The van der Waals surface area contributed by atoms with E-state index >= 15 is 0 Å². The number of nitrogens with one attached hydrogen (secondary N) is 2. The Morgan fingerprint density at radius 2 is 1.98 bits per heavy atom. The molecule has 0 saturated heterocycles. The summed E-state index contributed by atoms with van der Waals surface area (Å²) in [6, 6.07) is 15.0. The number of aromatic nitrogens is 2. The van der Waals surface area contributed by atoms with Crippen LogP contribution in [0, 0.1) is 28.9 Å². The van der Waals surface area contributed by atoms with Gasteiger partial charge in [-0.25, -0.2) is 8.78 Å². The Morgan fingerprint density at radius 1 is 1.14 bits per heavy atom. The lowest BCUT2D eigenvalue weighted by atomic mass is 9.26. The van der Waals surface area contributed by atoms with Gasteiger partial charge in [-0.05, 0) is 61.3 Å². The lowest BCUT2D eigenvalue weighted by Gasteiger charge is -2.80. The minimum absolute atomic E-state index is 0.139. The highest BCUT2D eigenvalue weighted by Gasteiger charge is 2.82. The number of halogens is 3. The Bertz CT molecular complexity index is 1780. The van der Waals surface area contributed by atoms with E-state index in [0.717, 1.165) is 41.1 Å². The minimum atomic E-state index is -1.04. The molecule has 2 aromatic carbocycles.